The van der Waals surface area contributed by atoms with Crippen molar-refractivity contribution >= 4 is 34.1 Å². The maximum atomic E-state index is 9.19. The molecule has 13 heteroatoms. The van der Waals surface area contributed by atoms with Crippen LogP contribution in [0.15, 0.2) is 0 Å². The van der Waals surface area contributed by atoms with E-state index >= 15 is 0 Å². The normalized spacial score (nSPS) is 12.7. The molecule has 0 bridgehead atoms. The van der Waals surface area contributed by atoms with Gasteiger partial charge in [-0.3, -0.25) is 9.11 Å². The SMILES string of the molecule is O=S(O)O.O=S([O-])OS(=O)[O-].[K+].[Na+]. The molecule has 0 fully saturated rings. The van der Waals surface area contributed by atoms with Crippen LogP contribution in [-0.4, -0.2) is 30.8 Å². The van der Waals surface area contributed by atoms with Crippen LogP contribution in [0.2, 0.25) is 0 Å². The van der Waals surface area contributed by atoms with Crippen molar-refractivity contribution in [3.05, 3.63) is 0 Å². The van der Waals surface area contributed by atoms with Gasteiger partial charge in [0.25, 0.3) is 11.4 Å². The smallest absolute Gasteiger partial charge is 0.749 e. The topological polar surface area (TPSA) is 147 Å². The van der Waals surface area contributed by atoms with Crippen molar-refractivity contribution < 1.29 is 115 Å². The first-order valence-electron chi connectivity index (χ1n) is 1.53. The molecule has 70 valence electrons. The van der Waals surface area contributed by atoms with E-state index in [4.69, 9.17) is 13.3 Å². The minimum Gasteiger partial charge on any atom is -0.749 e. The quantitative estimate of drug-likeness (QED) is 0.376. The molecule has 0 rings (SSSR count). The van der Waals surface area contributed by atoms with Crippen molar-refractivity contribution in [1.82, 2.24) is 0 Å². The monoisotopic (exact) mass is 288 g/mol. The zero-order valence-electron chi connectivity index (χ0n) is 6.57. The van der Waals surface area contributed by atoms with Gasteiger partial charge in [0, 0.05) is 0 Å². The van der Waals surface area contributed by atoms with Gasteiger partial charge in [-0.1, -0.05) is 0 Å². The largest absolute Gasteiger partial charge is 1.00 e. The van der Waals surface area contributed by atoms with Gasteiger partial charge in [0.2, 0.25) is 0 Å². The molecule has 0 atom stereocenters. The molecule has 0 aliphatic rings. The second-order valence-electron chi connectivity index (χ2n) is 0.707. The Morgan fingerprint density at radius 2 is 1.15 bits per heavy atom. The van der Waals surface area contributed by atoms with Crippen LogP contribution < -0.4 is 80.9 Å². The Morgan fingerprint density at radius 3 is 1.15 bits per heavy atom. The van der Waals surface area contributed by atoms with E-state index in [0.29, 0.717) is 0 Å². The third-order valence-corrected chi connectivity index (χ3v) is 1.00. The van der Waals surface area contributed by atoms with Crippen molar-refractivity contribution in [2.24, 2.45) is 0 Å². The first-order chi connectivity index (χ1) is 4.86. The molecule has 0 aromatic carbocycles. The van der Waals surface area contributed by atoms with Gasteiger partial charge in [-0.2, -0.15) is 4.21 Å². The van der Waals surface area contributed by atoms with Crippen LogP contribution in [0.3, 0.4) is 0 Å². The van der Waals surface area contributed by atoms with Crippen LogP contribution in [0.4, 0.5) is 0 Å². The van der Waals surface area contributed by atoms with Crippen LogP contribution in [0.1, 0.15) is 0 Å². The third-order valence-electron chi connectivity index (χ3n) is 0.111. The van der Waals surface area contributed by atoms with Crippen LogP contribution >= 0.6 is 0 Å². The number of hydrogen-bond donors (Lipinski definition) is 2. The van der Waals surface area contributed by atoms with E-state index in [2.05, 4.69) is 3.63 Å². The molecule has 8 nitrogen and oxygen atoms in total. The molecule has 0 aromatic rings. The van der Waals surface area contributed by atoms with Crippen LogP contribution in [-0.2, 0) is 37.7 Å². The maximum absolute atomic E-state index is 9.19. The molecule has 2 N–H and O–H groups in total. The Kier molecular flexibility index (Phi) is 33.1. The molecular weight excluding hydrogens is 286 g/mol. The average molecular weight is 288 g/mol. The molecule has 0 aliphatic carbocycles. The molecule has 0 saturated carbocycles. The Hall–Kier alpha value is 2.89. The molecular formula is H2KNaO8S3. The molecule has 0 aliphatic heterocycles. The maximum Gasteiger partial charge on any atom is 1.00 e. The van der Waals surface area contributed by atoms with E-state index in [0.717, 1.165) is 0 Å². The molecule has 13 heavy (non-hydrogen) atoms. The van der Waals surface area contributed by atoms with Gasteiger partial charge < -0.3 is 9.11 Å². The second kappa shape index (κ2) is 17.3. The molecule has 0 amide bonds. The summed E-state index contributed by atoms with van der Waals surface area (Å²) in [5.74, 6) is 0. The standard InChI is InChI=1S/K.Na.H2O5S2.H2O3S/c;;1-6(2)5-7(3)4;1-4(2)3/h;;(H,1,2)(H,3,4);(H2,1,2,3)/q2*+1;;/p-2. The van der Waals surface area contributed by atoms with Crippen molar-refractivity contribution in [3.63, 3.8) is 0 Å². The van der Waals surface area contributed by atoms with Gasteiger partial charge in [0.1, 0.15) is 0 Å². The minimum atomic E-state index is -2.96. The fourth-order valence-electron chi connectivity index (χ4n) is 0.0454. The van der Waals surface area contributed by atoms with Gasteiger partial charge in [-0.05, 0) is 0 Å². The van der Waals surface area contributed by atoms with Crippen molar-refractivity contribution in [2.45, 2.75) is 0 Å². The summed E-state index contributed by atoms with van der Waals surface area (Å²) in [5, 5.41) is 0. The van der Waals surface area contributed by atoms with Gasteiger partial charge in [-0.25, -0.2) is 12.0 Å². The summed E-state index contributed by atoms with van der Waals surface area (Å²) in [6, 6.07) is 0. The average Bonchev–Trinajstić information content (AvgIpc) is 1.56. The third kappa shape index (κ3) is 52.1. The molecule has 0 spiro atoms. The van der Waals surface area contributed by atoms with Gasteiger partial charge >= 0.3 is 80.9 Å². The molecule has 0 heterocycles. The summed E-state index contributed by atoms with van der Waals surface area (Å²) >= 11 is -8.53. The Morgan fingerprint density at radius 1 is 1.00 bits per heavy atom. The predicted octanol–water partition coefficient (Wildman–Crippen LogP) is -7.72. The molecule has 0 saturated heterocycles. The molecule has 0 unspecified atom stereocenters. The van der Waals surface area contributed by atoms with Gasteiger partial charge in [0.15, 0.2) is 0 Å². The van der Waals surface area contributed by atoms with Gasteiger partial charge in [-0.15, -0.1) is 0 Å². The summed E-state index contributed by atoms with van der Waals surface area (Å²) in [7, 11) is 0. The van der Waals surface area contributed by atoms with Crippen molar-refractivity contribution in [2.75, 3.05) is 0 Å². The van der Waals surface area contributed by atoms with Crippen LogP contribution in [0.5, 0.6) is 0 Å². The predicted molar refractivity (Wildman–Crippen MR) is 32.3 cm³/mol. The Labute approximate surface area is 146 Å². The summed E-state index contributed by atoms with van der Waals surface area (Å²) in [6.45, 7) is 0. The van der Waals surface area contributed by atoms with Gasteiger partial charge in [0.05, 0.1) is 22.7 Å². The summed E-state index contributed by atoms with van der Waals surface area (Å²) in [5.41, 5.74) is 0. The zero-order chi connectivity index (χ0) is 9.44. The Bertz CT molecular complexity index is 153. The summed E-state index contributed by atoms with van der Waals surface area (Å²) in [4.78, 5) is 0. The minimum absolute atomic E-state index is 0. The van der Waals surface area contributed by atoms with Crippen molar-refractivity contribution in [3.8, 4) is 0 Å². The molecule has 0 radical (unpaired) electrons. The van der Waals surface area contributed by atoms with Crippen molar-refractivity contribution in [1.29, 1.82) is 0 Å². The summed E-state index contributed by atoms with van der Waals surface area (Å²) < 4.78 is 62.7. The fraction of sp³-hybridized carbons (Fsp3) is 0. The van der Waals surface area contributed by atoms with E-state index in [1.165, 1.54) is 0 Å². The van der Waals surface area contributed by atoms with E-state index in [1.807, 2.05) is 0 Å². The Balaban J connectivity index is -0.0000000600. The van der Waals surface area contributed by atoms with E-state index in [-0.39, 0.29) is 80.9 Å². The number of rotatable bonds is 2. The van der Waals surface area contributed by atoms with Crippen LogP contribution in [0, 0.1) is 0 Å². The van der Waals surface area contributed by atoms with E-state index < -0.39 is 34.1 Å². The van der Waals surface area contributed by atoms with E-state index in [9.17, 15) is 17.5 Å². The van der Waals surface area contributed by atoms with Crippen LogP contribution in [0.25, 0.3) is 0 Å². The first-order valence-corrected chi connectivity index (χ1v) is 4.60. The second-order valence-corrected chi connectivity index (χ2v) is 2.53. The summed E-state index contributed by atoms with van der Waals surface area (Å²) in [6.07, 6.45) is 0. The fourth-order valence-corrected chi connectivity index (χ4v) is 0.408. The van der Waals surface area contributed by atoms with E-state index in [1.54, 1.807) is 0 Å². The number of hydrogen-bond acceptors (Lipinski definition) is 6. The zero-order valence-corrected chi connectivity index (χ0v) is 14.1. The first kappa shape index (κ1) is 24.9. The molecule has 0 aromatic heterocycles.